The van der Waals surface area contributed by atoms with E-state index < -0.39 is 0 Å². The largest absolute Gasteiger partial charge is 0.493 e. The summed E-state index contributed by atoms with van der Waals surface area (Å²) in [7, 11) is 3.20. The molecule has 2 aromatic rings. The Kier molecular flexibility index (Phi) is 4.66. The summed E-state index contributed by atoms with van der Waals surface area (Å²) in [6, 6.07) is 7.11. The number of nitrogens with one attached hydrogen (secondary N) is 1. The number of hydrogen-bond donors (Lipinski definition) is 1. The van der Waals surface area contributed by atoms with Gasteiger partial charge >= 0.3 is 5.08 Å². The van der Waals surface area contributed by atoms with Crippen molar-refractivity contribution in [1.82, 2.24) is 9.88 Å². The van der Waals surface area contributed by atoms with E-state index in [1.54, 1.807) is 31.3 Å². The van der Waals surface area contributed by atoms with E-state index in [0.717, 1.165) is 17.5 Å². The van der Waals surface area contributed by atoms with Crippen LogP contribution in [0.15, 0.2) is 30.5 Å². The lowest BCUT2D eigenvalue weighted by Gasteiger charge is -2.29. The van der Waals surface area contributed by atoms with Crippen LogP contribution in [-0.4, -0.2) is 36.6 Å². The number of carbonyl (C=O) groups excluding carboxylic acids is 1. The monoisotopic (exact) mass is 340 g/mol. The topological polar surface area (TPSA) is 91.8 Å². The van der Waals surface area contributed by atoms with Crippen molar-refractivity contribution in [2.24, 2.45) is 0 Å². The number of hydrogen-bond acceptors (Lipinski definition) is 6. The van der Waals surface area contributed by atoms with Crippen molar-refractivity contribution in [3.63, 3.8) is 0 Å². The molecule has 1 aliphatic heterocycles. The molecule has 1 aliphatic rings. The van der Waals surface area contributed by atoms with Crippen LogP contribution in [0.3, 0.4) is 0 Å². The molecule has 8 heteroatoms. The first-order chi connectivity index (χ1) is 12.2. The van der Waals surface area contributed by atoms with Gasteiger partial charge < -0.3 is 14.4 Å². The van der Waals surface area contributed by atoms with Crippen LogP contribution in [0.1, 0.15) is 21.5 Å². The SMILES string of the molecule is COc1cc2c(cc1OC)CN(C(=O)c1ccc(N[N+]#N)nc1)CC2. The Morgan fingerprint density at radius 1 is 1.24 bits per heavy atom. The summed E-state index contributed by atoms with van der Waals surface area (Å²) in [4.78, 5) is 18.5. The average Bonchev–Trinajstić information content (AvgIpc) is 2.66. The molecule has 1 amide bonds. The molecule has 0 bridgehead atoms. The number of nitrogens with zero attached hydrogens (tertiary/aromatic N) is 4. The van der Waals surface area contributed by atoms with Crippen LogP contribution in [0.2, 0.25) is 0 Å². The van der Waals surface area contributed by atoms with E-state index in [-0.39, 0.29) is 5.91 Å². The Labute approximate surface area is 145 Å². The number of methoxy groups -OCH3 is 2. The van der Waals surface area contributed by atoms with Crippen molar-refractivity contribution in [3.8, 4) is 11.5 Å². The molecule has 8 nitrogen and oxygen atoms in total. The summed E-state index contributed by atoms with van der Waals surface area (Å²) >= 11 is 0. The smallest absolute Gasteiger partial charge is 0.309 e. The number of amides is 1. The number of diazo groups is 1. The number of ether oxygens (including phenoxy) is 2. The lowest BCUT2D eigenvalue weighted by Crippen LogP contribution is -2.36. The Morgan fingerprint density at radius 2 is 1.96 bits per heavy atom. The Morgan fingerprint density at radius 3 is 2.56 bits per heavy atom. The zero-order valence-electron chi connectivity index (χ0n) is 14.0. The molecule has 0 aliphatic carbocycles. The van der Waals surface area contributed by atoms with Crippen LogP contribution in [0.4, 0.5) is 5.82 Å². The lowest BCUT2D eigenvalue weighted by molar-refractivity contribution is 0.0734. The van der Waals surface area contributed by atoms with Crippen LogP contribution < -0.4 is 14.9 Å². The van der Waals surface area contributed by atoms with Gasteiger partial charge in [0.25, 0.3) is 11.3 Å². The van der Waals surface area contributed by atoms with Gasteiger partial charge in [0.2, 0.25) is 5.82 Å². The summed E-state index contributed by atoms with van der Waals surface area (Å²) in [6.45, 7) is 1.12. The van der Waals surface area contributed by atoms with E-state index in [9.17, 15) is 4.79 Å². The summed E-state index contributed by atoms with van der Waals surface area (Å²) in [5.41, 5.74) is 4.99. The van der Waals surface area contributed by atoms with Gasteiger partial charge in [-0.05, 0) is 41.8 Å². The highest BCUT2D eigenvalue weighted by molar-refractivity contribution is 5.94. The van der Waals surface area contributed by atoms with Gasteiger partial charge in [-0.25, -0.2) is 4.98 Å². The maximum Gasteiger partial charge on any atom is 0.309 e. The first kappa shape index (κ1) is 16.5. The quantitative estimate of drug-likeness (QED) is 0.679. The van der Waals surface area contributed by atoms with Crippen LogP contribution in [0, 0.1) is 5.39 Å². The van der Waals surface area contributed by atoms with E-state index >= 15 is 0 Å². The number of anilines is 1. The molecule has 0 saturated heterocycles. The van der Waals surface area contributed by atoms with Gasteiger partial charge in [0.1, 0.15) is 0 Å². The Hall–Kier alpha value is -3.34. The van der Waals surface area contributed by atoms with Gasteiger partial charge in [0, 0.05) is 24.7 Å². The fourth-order valence-electron chi connectivity index (χ4n) is 2.88. The number of carbonyl (C=O) groups is 1. The van der Waals surface area contributed by atoms with Crippen LogP contribution in [0.5, 0.6) is 11.5 Å². The minimum Gasteiger partial charge on any atom is -0.493 e. The fraction of sp³-hybridized carbons (Fsp3) is 0.294. The maximum atomic E-state index is 12.7. The third-order valence-electron chi connectivity index (χ3n) is 4.18. The maximum absolute atomic E-state index is 12.7. The molecule has 0 atom stereocenters. The van der Waals surface area contributed by atoms with Crippen LogP contribution in [-0.2, 0) is 13.0 Å². The Balaban J connectivity index is 1.79. The van der Waals surface area contributed by atoms with Gasteiger partial charge in [-0.2, -0.15) is 0 Å². The standard InChI is InChI=1S/C17H17N5O3/c1-24-14-7-11-5-6-22(10-13(11)8-15(14)25-2)17(23)12-3-4-16(19-9-12)20-21-18/h3-4,7-9H,5-6,10H2,1-2H3/p+1. The molecule has 0 radical (unpaired) electrons. The number of rotatable bonds is 4. The van der Waals surface area contributed by atoms with Crippen molar-refractivity contribution in [3.05, 3.63) is 52.2 Å². The molecular formula is C17H18N5O3+. The molecule has 1 N–H and O–H groups in total. The molecule has 0 spiro atoms. The molecule has 1 aromatic carbocycles. The summed E-state index contributed by atoms with van der Waals surface area (Å²) in [5.74, 6) is 1.61. The van der Waals surface area contributed by atoms with Crippen molar-refractivity contribution in [2.75, 3.05) is 26.2 Å². The van der Waals surface area contributed by atoms with Gasteiger partial charge in [-0.15, -0.1) is 0 Å². The van der Waals surface area contributed by atoms with E-state index in [4.69, 9.17) is 14.9 Å². The normalized spacial score (nSPS) is 12.8. The summed E-state index contributed by atoms with van der Waals surface area (Å²) < 4.78 is 10.7. The van der Waals surface area contributed by atoms with Gasteiger partial charge in [-0.1, -0.05) is 0 Å². The number of aromatic nitrogens is 1. The highest BCUT2D eigenvalue weighted by Crippen LogP contribution is 2.33. The van der Waals surface area contributed by atoms with Gasteiger partial charge in [0.15, 0.2) is 11.5 Å². The predicted octanol–water partition coefficient (Wildman–Crippen LogP) is 2.48. The fourth-order valence-corrected chi connectivity index (χ4v) is 2.88. The highest BCUT2D eigenvalue weighted by atomic mass is 16.5. The lowest BCUT2D eigenvalue weighted by atomic mass is 9.98. The number of benzene rings is 1. The summed E-state index contributed by atoms with van der Waals surface area (Å²) in [5, 5.41) is 11.3. The minimum absolute atomic E-state index is 0.0968. The first-order valence-electron chi connectivity index (χ1n) is 7.75. The first-order valence-corrected chi connectivity index (χ1v) is 7.75. The third kappa shape index (κ3) is 3.30. The summed E-state index contributed by atoms with van der Waals surface area (Å²) in [6.07, 6.45) is 2.21. The second-order valence-corrected chi connectivity index (χ2v) is 5.60. The number of pyridine rings is 1. The van der Waals surface area contributed by atoms with E-state index in [2.05, 4.69) is 15.5 Å². The molecular weight excluding hydrogens is 322 g/mol. The van der Waals surface area contributed by atoms with Crippen LogP contribution >= 0.6 is 0 Å². The molecule has 25 heavy (non-hydrogen) atoms. The second kappa shape index (κ2) is 7.05. The third-order valence-corrected chi connectivity index (χ3v) is 4.18. The molecule has 0 fully saturated rings. The van der Waals surface area contributed by atoms with E-state index in [0.29, 0.717) is 36.0 Å². The van der Waals surface area contributed by atoms with Gasteiger partial charge in [-0.3, -0.25) is 4.79 Å². The Bertz CT molecular complexity index is 829. The minimum atomic E-state index is -0.0968. The van der Waals surface area contributed by atoms with Crippen LogP contribution in [0.25, 0.3) is 5.08 Å². The van der Waals surface area contributed by atoms with E-state index in [1.165, 1.54) is 6.20 Å². The van der Waals surface area contributed by atoms with Gasteiger partial charge in [0.05, 0.1) is 19.8 Å². The molecule has 0 unspecified atom stereocenters. The van der Waals surface area contributed by atoms with E-state index in [1.807, 2.05) is 12.1 Å². The molecule has 2 heterocycles. The number of fused-ring (bicyclic) bond motifs is 1. The highest BCUT2D eigenvalue weighted by Gasteiger charge is 2.24. The van der Waals surface area contributed by atoms with Crippen molar-refractivity contribution in [1.29, 1.82) is 5.39 Å². The second-order valence-electron chi connectivity index (χ2n) is 5.60. The zero-order chi connectivity index (χ0) is 17.8. The molecule has 3 rings (SSSR count). The average molecular weight is 340 g/mol. The molecule has 128 valence electrons. The molecule has 1 aromatic heterocycles. The van der Waals surface area contributed by atoms with Crippen molar-refractivity contribution >= 4 is 11.7 Å². The predicted molar refractivity (Wildman–Crippen MR) is 90.9 cm³/mol. The zero-order valence-corrected chi connectivity index (χ0v) is 14.0. The molecule has 0 saturated carbocycles. The van der Waals surface area contributed by atoms with Crippen molar-refractivity contribution in [2.45, 2.75) is 13.0 Å². The van der Waals surface area contributed by atoms with Crippen molar-refractivity contribution < 1.29 is 14.3 Å².